The second kappa shape index (κ2) is 5.96. The third kappa shape index (κ3) is 4.07. The Morgan fingerprint density at radius 2 is 2.06 bits per heavy atom. The van der Waals surface area contributed by atoms with Gasteiger partial charge >= 0.3 is 0 Å². The number of carbonyl (C=O) groups is 1. The third-order valence-electron chi connectivity index (χ3n) is 4.10. The largest absolute Gasteiger partial charge is 0.380 e. The lowest BCUT2D eigenvalue weighted by Gasteiger charge is -2.28. The highest BCUT2D eigenvalue weighted by Gasteiger charge is 2.34. The number of hydrogen-bond donors (Lipinski definition) is 0. The number of ether oxygens (including phenoxy) is 1. The van der Waals surface area contributed by atoms with Crippen LogP contribution in [0, 0.1) is 11.3 Å². The molecule has 3 heteroatoms. The van der Waals surface area contributed by atoms with Gasteiger partial charge in [0.25, 0.3) is 0 Å². The van der Waals surface area contributed by atoms with Gasteiger partial charge in [0.05, 0.1) is 6.61 Å². The van der Waals surface area contributed by atoms with Gasteiger partial charge in [0.2, 0.25) is 0 Å². The van der Waals surface area contributed by atoms with E-state index in [1.54, 1.807) is 0 Å². The Balaban J connectivity index is 1.61. The zero-order chi connectivity index (χ0) is 12.1. The average molecular weight is 239 g/mol. The van der Waals surface area contributed by atoms with Crippen molar-refractivity contribution in [3.63, 3.8) is 0 Å². The van der Waals surface area contributed by atoms with Crippen molar-refractivity contribution in [3.8, 4) is 0 Å². The molecular formula is C14H25NO2. The van der Waals surface area contributed by atoms with Gasteiger partial charge in [-0.15, -0.1) is 0 Å². The van der Waals surface area contributed by atoms with E-state index in [4.69, 9.17) is 4.74 Å². The molecule has 98 valence electrons. The topological polar surface area (TPSA) is 29.5 Å². The SMILES string of the molecule is CN(CCOCC1CC1)CC1(C=O)CCCC1. The molecule has 0 unspecified atom stereocenters. The lowest BCUT2D eigenvalue weighted by Crippen LogP contribution is -2.36. The summed E-state index contributed by atoms with van der Waals surface area (Å²) in [5.41, 5.74) is -0.0504. The summed E-state index contributed by atoms with van der Waals surface area (Å²) in [5.74, 6) is 0.844. The van der Waals surface area contributed by atoms with Crippen molar-refractivity contribution in [2.24, 2.45) is 11.3 Å². The Bertz CT molecular complexity index is 245. The number of rotatable bonds is 8. The molecule has 0 heterocycles. The zero-order valence-corrected chi connectivity index (χ0v) is 11.0. The molecule has 0 atom stereocenters. The summed E-state index contributed by atoms with van der Waals surface area (Å²) in [6.07, 6.45) is 8.47. The highest BCUT2D eigenvalue weighted by molar-refractivity contribution is 5.60. The van der Waals surface area contributed by atoms with Crippen LogP contribution in [0.15, 0.2) is 0 Å². The summed E-state index contributed by atoms with van der Waals surface area (Å²) in [5, 5.41) is 0. The predicted octanol–water partition coefficient (Wildman–Crippen LogP) is 2.10. The average Bonchev–Trinajstić information content (AvgIpc) is 3.04. The molecule has 0 bridgehead atoms. The molecule has 0 spiro atoms. The molecule has 2 aliphatic carbocycles. The molecule has 0 amide bonds. The van der Waals surface area contributed by atoms with E-state index in [0.717, 1.165) is 45.1 Å². The zero-order valence-electron chi connectivity index (χ0n) is 11.0. The van der Waals surface area contributed by atoms with Crippen LogP contribution in [-0.2, 0) is 9.53 Å². The van der Waals surface area contributed by atoms with Gasteiger partial charge in [-0.3, -0.25) is 0 Å². The molecule has 2 aliphatic rings. The van der Waals surface area contributed by atoms with Gasteiger partial charge in [0.15, 0.2) is 0 Å². The Kier molecular flexibility index (Phi) is 4.57. The third-order valence-corrected chi connectivity index (χ3v) is 4.10. The molecule has 0 aromatic heterocycles. The minimum absolute atomic E-state index is 0.0504. The van der Waals surface area contributed by atoms with Gasteiger partial charge in [-0.05, 0) is 38.6 Å². The molecule has 0 aromatic rings. The molecule has 2 saturated carbocycles. The van der Waals surface area contributed by atoms with Crippen LogP contribution in [0.1, 0.15) is 38.5 Å². The van der Waals surface area contributed by atoms with Crippen molar-refractivity contribution in [2.45, 2.75) is 38.5 Å². The summed E-state index contributed by atoms with van der Waals surface area (Å²) < 4.78 is 5.63. The molecule has 2 fully saturated rings. The molecular weight excluding hydrogens is 214 g/mol. The second-order valence-corrected chi connectivity index (χ2v) is 5.94. The Hall–Kier alpha value is -0.410. The van der Waals surface area contributed by atoms with Crippen LogP contribution in [0.25, 0.3) is 0 Å². The Morgan fingerprint density at radius 1 is 1.35 bits per heavy atom. The number of nitrogens with zero attached hydrogens (tertiary/aromatic N) is 1. The Morgan fingerprint density at radius 3 is 2.65 bits per heavy atom. The molecule has 17 heavy (non-hydrogen) atoms. The maximum Gasteiger partial charge on any atom is 0.127 e. The van der Waals surface area contributed by atoms with Crippen molar-refractivity contribution in [3.05, 3.63) is 0 Å². The summed E-state index contributed by atoms with van der Waals surface area (Å²) in [4.78, 5) is 13.5. The van der Waals surface area contributed by atoms with Crippen LogP contribution in [0.4, 0.5) is 0 Å². The fourth-order valence-corrected chi connectivity index (χ4v) is 2.76. The van der Waals surface area contributed by atoms with E-state index >= 15 is 0 Å². The normalized spacial score (nSPS) is 23.2. The van der Waals surface area contributed by atoms with E-state index in [1.165, 1.54) is 32.0 Å². The van der Waals surface area contributed by atoms with Gasteiger partial charge in [0.1, 0.15) is 6.29 Å². The fourth-order valence-electron chi connectivity index (χ4n) is 2.76. The predicted molar refractivity (Wildman–Crippen MR) is 68.0 cm³/mol. The second-order valence-electron chi connectivity index (χ2n) is 5.94. The van der Waals surface area contributed by atoms with Crippen LogP contribution in [0.2, 0.25) is 0 Å². The summed E-state index contributed by atoms with van der Waals surface area (Å²) in [6, 6.07) is 0. The van der Waals surface area contributed by atoms with Crippen molar-refractivity contribution >= 4 is 6.29 Å². The number of aldehydes is 1. The van der Waals surface area contributed by atoms with E-state index in [2.05, 4.69) is 11.9 Å². The van der Waals surface area contributed by atoms with Gasteiger partial charge in [-0.2, -0.15) is 0 Å². The van der Waals surface area contributed by atoms with Crippen LogP contribution in [0.3, 0.4) is 0 Å². The van der Waals surface area contributed by atoms with E-state index in [-0.39, 0.29) is 5.41 Å². The van der Waals surface area contributed by atoms with Crippen LogP contribution < -0.4 is 0 Å². The van der Waals surface area contributed by atoms with Crippen LogP contribution >= 0.6 is 0 Å². The lowest BCUT2D eigenvalue weighted by atomic mass is 9.87. The summed E-state index contributed by atoms with van der Waals surface area (Å²) in [7, 11) is 2.10. The highest BCUT2D eigenvalue weighted by Crippen LogP contribution is 2.36. The van der Waals surface area contributed by atoms with E-state index in [9.17, 15) is 4.79 Å². The van der Waals surface area contributed by atoms with Crippen LogP contribution in [0.5, 0.6) is 0 Å². The van der Waals surface area contributed by atoms with Crippen molar-refractivity contribution < 1.29 is 9.53 Å². The van der Waals surface area contributed by atoms with Gasteiger partial charge < -0.3 is 14.4 Å². The summed E-state index contributed by atoms with van der Waals surface area (Å²) in [6.45, 7) is 3.60. The quantitative estimate of drug-likeness (QED) is 0.480. The molecule has 2 rings (SSSR count). The van der Waals surface area contributed by atoms with E-state index < -0.39 is 0 Å². The monoisotopic (exact) mass is 239 g/mol. The smallest absolute Gasteiger partial charge is 0.127 e. The minimum atomic E-state index is -0.0504. The molecule has 3 nitrogen and oxygen atoms in total. The summed E-state index contributed by atoms with van der Waals surface area (Å²) >= 11 is 0. The number of carbonyl (C=O) groups excluding carboxylic acids is 1. The van der Waals surface area contributed by atoms with Gasteiger partial charge in [-0.25, -0.2) is 0 Å². The van der Waals surface area contributed by atoms with Crippen LogP contribution in [-0.4, -0.2) is 44.5 Å². The molecule has 0 saturated heterocycles. The molecule has 0 N–H and O–H groups in total. The van der Waals surface area contributed by atoms with E-state index in [0.29, 0.717) is 0 Å². The first-order chi connectivity index (χ1) is 8.24. The van der Waals surface area contributed by atoms with Crippen molar-refractivity contribution in [1.82, 2.24) is 4.90 Å². The number of hydrogen-bond acceptors (Lipinski definition) is 3. The maximum absolute atomic E-state index is 11.2. The van der Waals surface area contributed by atoms with Crippen molar-refractivity contribution in [2.75, 3.05) is 33.4 Å². The molecule has 0 aliphatic heterocycles. The highest BCUT2D eigenvalue weighted by atomic mass is 16.5. The molecule has 0 aromatic carbocycles. The molecule has 0 radical (unpaired) electrons. The maximum atomic E-state index is 11.2. The minimum Gasteiger partial charge on any atom is -0.380 e. The van der Waals surface area contributed by atoms with Crippen molar-refractivity contribution in [1.29, 1.82) is 0 Å². The van der Waals surface area contributed by atoms with Gasteiger partial charge in [0, 0.05) is 25.1 Å². The first kappa shape index (κ1) is 13.0. The first-order valence-corrected chi connectivity index (χ1v) is 6.97. The van der Waals surface area contributed by atoms with Gasteiger partial charge in [-0.1, -0.05) is 12.8 Å². The fraction of sp³-hybridized carbons (Fsp3) is 0.929. The standard InChI is InChI=1S/C14H25NO2/c1-15(8-9-17-10-13-4-5-13)11-14(12-16)6-2-3-7-14/h12-13H,2-11H2,1H3. The number of likely N-dealkylation sites (N-methyl/N-ethyl adjacent to an activating group) is 1. The van der Waals surface area contributed by atoms with E-state index in [1.807, 2.05) is 0 Å². The first-order valence-electron chi connectivity index (χ1n) is 6.97. The Labute approximate surface area is 105 Å². The lowest BCUT2D eigenvalue weighted by molar-refractivity contribution is -0.117.